The molecule has 0 amide bonds. The minimum atomic E-state index is 0.187. The van der Waals surface area contributed by atoms with Gasteiger partial charge in [-0.25, -0.2) is 4.98 Å². The molecule has 0 saturated carbocycles. The summed E-state index contributed by atoms with van der Waals surface area (Å²) in [7, 11) is 0. The number of fused-ring (bicyclic) bond motifs is 1. The van der Waals surface area contributed by atoms with Crippen LogP contribution in [0.2, 0.25) is 0 Å². The van der Waals surface area contributed by atoms with Gasteiger partial charge < -0.3 is 15.7 Å². The SMILES string of the molecule is CCCNc1nc(NCCCO)c2cc(CC)sc2n1. The highest BCUT2D eigenvalue weighted by atomic mass is 32.1. The summed E-state index contributed by atoms with van der Waals surface area (Å²) in [6.45, 7) is 6.03. The molecule has 0 aliphatic rings. The van der Waals surface area contributed by atoms with E-state index in [1.54, 1.807) is 11.3 Å². The van der Waals surface area contributed by atoms with E-state index in [0.717, 1.165) is 35.4 Å². The molecule has 5 nitrogen and oxygen atoms in total. The van der Waals surface area contributed by atoms with Crippen molar-refractivity contribution < 1.29 is 5.11 Å². The van der Waals surface area contributed by atoms with Gasteiger partial charge in [-0.1, -0.05) is 13.8 Å². The average molecular weight is 294 g/mol. The van der Waals surface area contributed by atoms with Crippen LogP contribution in [-0.4, -0.2) is 34.8 Å². The number of nitrogens with zero attached hydrogens (tertiary/aromatic N) is 2. The smallest absolute Gasteiger partial charge is 0.226 e. The van der Waals surface area contributed by atoms with E-state index in [-0.39, 0.29) is 6.61 Å². The van der Waals surface area contributed by atoms with Gasteiger partial charge in [0.25, 0.3) is 0 Å². The first kappa shape index (κ1) is 15.0. The van der Waals surface area contributed by atoms with Crippen molar-refractivity contribution in [2.75, 3.05) is 30.3 Å². The molecule has 6 heteroatoms. The molecule has 2 rings (SSSR count). The van der Waals surface area contributed by atoms with Gasteiger partial charge in [-0.05, 0) is 25.3 Å². The van der Waals surface area contributed by atoms with Crippen LogP contribution in [0, 0.1) is 0 Å². The highest BCUT2D eigenvalue weighted by Gasteiger charge is 2.10. The average Bonchev–Trinajstić information content (AvgIpc) is 2.88. The Labute approximate surface area is 123 Å². The molecule has 20 heavy (non-hydrogen) atoms. The fraction of sp³-hybridized carbons (Fsp3) is 0.571. The maximum atomic E-state index is 8.89. The molecule has 0 fully saturated rings. The third-order valence-electron chi connectivity index (χ3n) is 2.95. The van der Waals surface area contributed by atoms with Crippen molar-refractivity contribution in [2.24, 2.45) is 0 Å². The highest BCUT2D eigenvalue weighted by molar-refractivity contribution is 7.18. The molecule has 0 aromatic carbocycles. The number of aryl methyl sites for hydroxylation is 1. The van der Waals surface area contributed by atoms with Crippen molar-refractivity contribution in [1.29, 1.82) is 0 Å². The summed E-state index contributed by atoms with van der Waals surface area (Å²) in [5.41, 5.74) is 0. The van der Waals surface area contributed by atoms with Crippen LogP contribution in [0.1, 0.15) is 31.6 Å². The zero-order valence-electron chi connectivity index (χ0n) is 12.1. The quantitative estimate of drug-likeness (QED) is 0.653. The molecule has 3 N–H and O–H groups in total. The third kappa shape index (κ3) is 3.58. The lowest BCUT2D eigenvalue weighted by molar-refractivity contribution is 0.292. The van der Waals surface area contributed by atoms with Crippen molar-refractivity contribution in [3.05, 3.63) is 10.9 Å². The molecular weight excluding hydrogens is 272 g/mol. The zero-order chi connectivity index (χ0) is 14.4. The zero-order valence-corrected chi connectivity index (χ0v) is 12.9. The fourth-order valence-corrected chi connectivity index (χ4v) is 2.85. The molecular formula is C14H22N4OS. The topological polar surface area (TPSA) is 70.1 Å². The lowest BCUT2D eigenvalue weighted by Gasteiger charge is -2.09. The molecule has 110 valence electrons. The number of hydrogen-bond donors (Lipinski definition) is 3. The van der Waals surface area contributed by atoms with Crippen molar-refractivity contribution in [3.63, 3.8) is 0 Å². The molecule has 0 spiro atoms. The molecule has 0 saturated heterocycles. The predicted molar refractivity (Wildman–Crippen MR) is 85.8 cm³/mol. The van der Waals surface area contributed by atoms with Gasteiger partial charge in [0.05, 0.1) is 5.39 Å². The number of aliphatic hydroxyl groups excluding tert-OH is 1. The van der Waals surface area contributed by atoms with E-state index < -0.39 is 0 Å². The largest absolute Gasteiger partial charge is 0.396 e. The van der Waals surface area contributed by atoms with Crippen LogP contribution >= 0.6 is 11.3 Å². The first-order valence-electron chi connectivity index (χ1n) is 7.17. The maximum absolute atomic E-state index is 8.89. The molecule has 0 bridgehead atoms. The van der Waals surface area contributed by atoms with Crippen molar-refractivity contribution >= 4 is 33.3 Å². The van der Waals surface area contributed by atoms with Crippen LogP contribution < -0.4 is 10.6 Å². The molecule has 2 aromatic heterocycles. The number of aliphatic hydroxyl groups is 1. The Bertz CT molecular complexity index is 555. The Balaban J connectivity index is 2.30. The van der Waals surface area contributed by atoms with Gasteiger partial charge in [0, 0.05) is 24.6 Å². The van der Waals surface area contributed by atoms with Crippen molar-refractivity contribution in [3.8, 4) is 0 Å². The van der Waals surface area contributed by atoms with Gasteiger partial charge in [-0.2, -0.15) is 4.98 Å². The minimum absolute atomic E-state index is 0.187. The van der Waals surface area contributed by atoms with E-state index in [2.05, 4.69) is 40.5 Å². The van der Waals surface area contributed by atoms with E-state index in [9.17, 15) is 0 Å². The second-order valence-electron chi connectivity index (χ2n) is 4.61. The van der Waals surface area contributed by atoms with Gasteiger partial charge in [-0.15, -0.1) is 11.3 Å². The first-order valence-corrected chi connectivity index (χ1v) is 7.99. The summed E-state index contributed by atoms with van der Waals surface area (Å²) < 4.78 is 0. The molecule has 0 aliphatic carbocycles. The number of anilines is 2. The number of rotatable bonds is 8. The lowest BCUT2D eigenvalue weighted by Crippen LogP contribution is -2.09. The predicted octanol–water partition coefficient (Wildman–Crippen LogP) is 2.87. The summed E-state index contributed by atoms with van der Waals surface area (Å²) in [5, 5.41) is 16.5. The van der Waals surface area contributed by atoms with Crippen LogP contribution in [0.15, 0.2) is 6.07 Å². The Morgan fingerprint density at radius 1 is 1.20 bits per heavy atom. The monoisotopic (exact) mass is 294 g/mol. The van der Waals surface area contributed by atoms with E-state index in [1.807, 2.05) is 0 Å². The maximum Gasteiger partial charge on any atom is 0.226 e. The standard InChI is InChI=1S/C14H22N4OS/c1-3-6-16-14-17-12(15-7-5-8-19)11-9-10(4-2)20-13(11)18-14/h9,19H,3-8H2,1-2H3,(H2,15,16,17,18). The molecule has 0 unspecified atom stereocenters. The Kier molecular flexibility index (Phi) is 5.55. The van der Waals surface area contributed by atoms with Gasteiger partial charge in [-0.3, -0.25) is 0 Å². The third-order valence-corrected chi connectivity index (χ3v) is 4.13. The second kappa shape index (κ2) is 7.40. The summed E-state index contributed by atoms with van der Waals surface area (Å²) in [5.74, 6) is 1.54. The number of aromatic nitrogens is 2. The van der Waals surface area contributed by atoms with E-state index in [0.29, 0.717) is 18.9 Å². The van der Waals surface area contributed by atoms with Crippen LogP contribution in [0.3, 0.4) is 0 Å². The minimum Gasteiger partial charge on any atom is -0.396 e. The summed E-state index contributed by atoms with van der Waals surface area (Å²) in [6, 6.07) is 2.16. The summed E-state index contributed by atoms with van der Waals surface area (Å²) in [6.07, 6.45) is 2.77. The van der Waals surface area contributed by atoms with Gasteiger partial charge in [0.2, 0.25) is 5.95 Å². The fourth-order valence-electron chi connectivity index (χ4n) is 1.88. The molecule has 2 heterocycles. The molecule has 0 atom stereocenters. The molecule has 0 radical (unpaired) electrons. The Morgan fingerprint density at radius 3 is 2.75 bits per heavy atom. The van der Waals surface area contributed by atoms with Crippen molar-refractivity contribution in [2.45, 2.75) is 33.1 Å². The highest BCUT2D eigenvalue weighted by Crippen LogP contribution is 2.30. The normalized spacial score (nSPS) is 10.9. The summed E-state index contributed by atoms with van der Waals surface area (Å²) >= 11 is 1.72. The van der Waals surface area contributed by atoms with E-state index in [4.69, 9.17) is 5.11 Å². The molecule has 2 aromatic rings. The summed E-state index contributed by atoms with van der Waals surface area (Å²) in [4.78, 5) is 11.5. The van der Waals surface area contributed by atoms with Gasteiger partial charge in [0.15, 0.2) is 0 Å². The Hall–Kier alpha value is -1.40. The van der Waals surface area contributed by atoms with E-state index >= 15 is 0 Å². The second-order valence-corrected chi connectivity index (χ2v) is 5.73. The van der Waals surface area contributed by atoms with Crippen LogP contribution in [0.4, 0.5) is 11.8 Å². The van der Waals surface area contributed by atoms with E-state index in [1.165, 1.54) is 4.88 Å². The molecule has 0 aliphatic heterocycles. The van der Waals surface area contributed by atoms with Crippen LogP contribution in [0.5, 0.6) is 0 Å². The Morgan fingerprint density at radius 2 is 2.05 bits per heavy atom. The van der Waals surface area contributed by atoms with Crippen molar-refractivity contribution in [1.82, 2.24) is 9.97 Å². The number of hydrogen-bond acceptors (Lipinski definition) is 6. The van der Waals surface area contributed by atoms with Crippen LogP contribution in [-0.2, 0) is 6.42 Å². The number of nitrogens with one attached hydrogen (secondary N) is 2. The first-order chi connectivity index (χ1) is 9.78. The number of thiophene rings is 1. The lowest BCUT2D eigenvalue weighted by atomic mass is 10.3. The van der Waals surface area contributed by atoms with Crippen LogP contribution in [0.25, 0.3) is 10.2 Å². The van der Waals surface area contributed by atoms with Gasteiger partial charge in [0.1, 0.15) is 10.6 Å². The van der Waals surface area contributed by atoms with Gasteiger partial charge >= 0.3 is 0 Å².